The number of ether oxygens (including phenoxy) is 1. The maximum Gasteiger partial charge on any atom is 0.0857 e. The lowest BCUT2D eigenvalue weighted by atomic mass is 9.76. The van der Waals surface area contributed by atoms with Gasteiger partial charge in [0.15, 0.2) is 0 Å². The van der Waals surface area contributed by atoms with Crippen LogP contribution < -0.4 is 5.32 Å². The summed E-state index contributed by atoms with van der Waals surface area (Å²) in [7, 11) is 0. The highest BCUT2D eigenvalue weighted by Crippen LogP contribution is 2.34. The molecule has 1 N–H and O–H groups in total. The highest BCUT2D eigenvalue weighted by Gasteiger charge is 2.34. The molecule has 0 amide bonds. The van der Waals surface area contributed by atoms with Gasteiger partial charge in [0.25, 0.3) is 0 Å². The average Bonchev–Trinajstić information content (AvgIpc) is 2.56. The molecule has 0 aromatic carbocycles. The summed E-state index contributed by atoms with van der Waals surface area (Å²) in [5, 5.41) is 3.83. The van der Waals surface area contributed by atoms with E-state index in [-0.39, 0.29) is 0 Å². The zero-order valence-corrected chi connectivity index (χ0v) is 14.4. The van der Waals surface area contributed by atoms with Gasteiger partial charge in [-0.05, 0) is 44.2 Å². The Kier molecular flexibility index (Phi) is 7.48. The smallest absolute Gasteiger partial charge is 0.0857 e. The normalized spacial score (nSPS) is 33.0. The van der Waals surface area contributed by atoms with Crippen LogP contribution in [0.2, 0.25) is 0 Å². The molecule has 1 aliphatic heterocycles. The lowest BCUT2D eigenvalue weighted by molar-refractivity contribution is -0.0591. The van der Waals surface area contributed by atoms with E-state index in [9.17, 15) is 0 Å². The summed E-state index contributed by atoms with van der Waals surface area (Å²) in [6.45, 7) is 12.3. The van der Waals surface area contributed by atoms with Crippen molar-refractivity contribution in [1.82, 2.24) is 10.2 Å². The zero-order valence-electron chi connectivity index (χ0n) is 14.4. The summed E-state index contributed by atoms with van der Waals surface area (Å²) in [4.78, 5) is 2.55. The molecule has 1 aliphatic carbocycles. The van der Waals surface area contributed by atoms with Crippen molar-refractivity contribution in [3.63, 3.8) is 0 Å². The Morgan fingerprint density at radius 3 is 2.52 bits per heavy atom. The van der Waals surface area contributed by atoms with Crippen LogP contribution in [-0.2, 0) is 4.74 Å². The lowest BCUT2D eigenvalue weighted by Crippen LogP contribution is -2.55. The number of rotatable bonds is 7. The highest BCUT2D eigenvalue weighted by molar-refractivity contribution is 4.90. The van der Waals surface area contributed by atoms with Crippen LogP contribution in [0.15, 0.2) is 0 Å². The van der Waals surface area contributed by atoms with Crippen LogP contribution in [0.25, 0.3) is 0 Å². The van der Waals surface area contributed by atoms with Crippen LogP contribution in [0.4, 0.5) is 0 Å². The maximum atomic E-state index is 6.17. The molecule has 1 saturated heterocycles. The first-order valence-corrected chi connectivity index (χ1v) is 9.35. The quantitative estimate of drug-likeness (QED) is 0.780. The molecule has 0 aromatic rings. The van der Waals surface area contributed by atoms with Crippen molar-refractivity contribution >= 4 is 0 Å². The van der Waals surface area contributed by atoms with Gasteiger partial charge in [-0.3, -0.25) is 4.90 Å². The van der Waals surface area contributed by atoms with Gasteiger partial charge in [0.2, 0.25) is 0 Å². The Morgan fingerprint density at radius 2 is 1.90 bits per heavy atom. The standard InChI is InChI=1S/C18H36N2O/c1-4-11-19-18(16-9-7-15(5-2)8-10-16)17-14-20(6-3)12-13-21-17/h15-19H,4-14H2,1-3H3. The van der Waals surface area contributed by atoms with Crippen LogP contribution in [-0.4, -0.2) is 49.8 Å². The van der Waals surface area contributed by atoms with Crippen LogP contribution in [0, 0.1) is 11.8 Å². The molecule has 0 spiro atoms. The van der Waals surface area contributed by atoms with Gasteiger partial charge in [-0.2, -0.15) is 0 Å². The molecule has 3 heteroatoms. The van der Waals surface area contributed by atoms with Gasteiger partial charge < -0.3 is 10.1 Å². The van der Waals surface area contributed by atoms with Crippen molar-refractivity contribution in [3.05, 3.63) is 0 Å². The predicted octanol–water partition coefficient (Wildman–Crippen LogP) is 3.29. The second-order valence-corrected chi connectivity index (χ2v) is 6.97. The molecule has 1 saturated carbocycles. The summed E-state index contributed by atoms with van der Waals surface area (Å²) in [6, 6.07) is 0.567. The van der Waals surface area contributed by atoms with Crippen molar-refractivity contribution in [2.24, 2.45) is 11.8 Å². The summed E-state index contributed by atoms with van der Waals surface area (Å²) in [5.74, 6) is 1.80. The molecule has 2 rings (SSSR count). The molecule has 0 radical (unpaired) electrons. The molecule has 2 atom stereocenters. The minimum Gasteiger partial charge on any atom is -0.374 e. The van der Waals surface area contributed by atoms with Gasteiger partial charge in [-0.25, -0.2) is 0 Å². The molecule has 0 aromatic heterocycles. The van der Waals surface area contributed by atoms with E-state index in [2.05, 4.69) is 31.0 Å². The summed E-state index contributed by atoms with van der Waals surface area (Å²) >= 11 is 0. The van der Waals surface area contributed by atoms with Gasteiger partial charge in [-0.1, -0.05) is 40.0 Å². The first-order valence-electron chi connectivity index (χ1n) is 9.35. The minimum atomic E-state index is 0.397. The number of likely N-dealkylation sites (N-methyl/N-ethyl adjacent to an activating group) is 1. The molecule has 21 heavy (non-hydrogen) atoms. The van der Waals surface area contributed by atoms with Crippen LogP contribution in [0.5, 0.6) is 0 Å². The minimum absolute atomic E-state index is 0.397. The third kappa shape index (κ3) is 4.94. The van der Waals surface area contributed by atoms with E-state index in [1.54, 1.807) is 0 Å². The molecule has 2 fully saturated rings. The Bertz CT molecular complexity index is 276. The molecule has 2 unspecified atom stereocenters. The lowest BCUT2D eigenvalue weighted by Gasteiger charge is -2.42. The number of nitrogens with zero attached hydrogens (tertiary/aromatic N) is 1. The third-order valence-electron chi connectivity index (χ3n) is 5.63. The Morgan fingerprint density at radius 1 is 1.14 bits per heavy atom. The van der Waals surface area contributed by atoms with Crippen molar-refractivity contribution in [3.8, 4) is 0 Å². The first-order chi connectivity index (χ1) is 10.3. The fraction of sp³-hybridized carbons (Fsp3) is 1.00. The first kappa shape index (κ1) is 17.2. The number of nitrogens with one attached hydrogen (secondary N) is 1. The fourth-order valence-corrected chi connectivity index (χ4v) is 4.10. The summed E-state index contributed by atoms with van der Waals surface area (Å²) < 4.78 is 6.17. The van der Waals surface area contributed by atoms with E-state index in [0.29, 0.717) is 12.1 Å². The number of hydrogen-bond acceptors (Lipinski definition) is 3. The topological polar surface area (TPSA) is 24.5 Å². The van der Waals surface area contributed by atoms with E-state index in [1.165, 1.54) is 38.5 Å². The maximum absolute atomic E-state index is 6.17. The third-order valence-corrected chi connectivity index (χ3v) is 5.63. The van der Waals surface area contributed by atoms with Crippen molar-refractivity contribution in [2.75, 3.05) is 32.8 Å². The van der Waals surface area contributed by atoms with Gasteiger partial charge >= 0.3 is 0 Å². The zero-order chi connectivity index (χ0) is 15.1. The monoisotopic (exact) mass is 296 g/mol. The molecule has 124 valence electrons. The Labute approximate surface area is 131 Å². The van der Waals surface area contributed by atoms with Crippen LogP contribution in [0.3, 0.4) is 0 Å². The van der Waals surface area contributed by atoms with E-state index >= 15 is 0 Å². The predicted molar refractivity (Wildman–Crippen MR) is 89.7 cm³/mol. The van der Waals surface area contributed by atoms with Gasteiger partial charge in [0.1, 0.15) is 0 Å². The van der Waals surface area contributed by atoms with Gasteiger partial charge in [0, 0.05) is 19.1 Å². The highest BCUT2D eigenvalue weighted by atomic mass is 16.5. The molecule has 1 heterocycles. The Balaban J connectivity index is 1.93. The molecular formula is C18H36N2O. The summed E-state index contributed by atoms with van der Waals surface area (Å²) in [6.07, 6.45) is 8.62. The van der Waals surface area contributed by atoms with Gasteiger partial charge in [-0.15, -0.1) is 0 Å². The van der Waals surface area contributed by atoms with Crippen LogP contribution in [0.1, 0.15) is 59.3 Å². The van der Waals surface area contributed by atoms with E-state index in [0.717, 1.165) is 44.6 Å². The largest absolute Gasteiger partial charge is 0.374 e. The van der Waals surface area contributed by atoms with E-state index in [1.807, 2.05) is 0 Å². The van der Waals surface area contributed by atoms with E-state index < -0.39 is 0 Å². The summed E-state index contributed by atoms with van der Waals surface area (Å²) in [5.41, 5.74) is 0. The Hall–Kier alpha value is -0.120. The molecule has 0 bridgehead atoms. The average molecular weight is 296 g/mol. The number of hydrogen-bond donors (Lipinski definition) is 1. The van der Waals surface area contributed by atoms with Crippen LogP contribution >= 0.6 is 0 Å². The molecular weight excluding hydrogens is 260 g/mol. The van der Waals surface area contributed by atoms with E-state index in [4.69, 9.17) is 4.74 Å². The van der Waals surface area contributed by atoms with Crippen molar-refractivity contribution in [2.45, 2.75) is 71.4 Å². The van der Waals surface area contributed by atoms with Crippen molar-refractivity contribution < 1.29 is 4.74 Å². The SMILES string of the molecule is CCCNC(C1CCC(CC)CC1)C1CN(CC)CCO1. The number of morpholine rings is 1. The molecule has 2 aliphatic rings. The second kappa shape index (κ2) is 9.12. The fourth-order valence-electron chi connectivity index (χ4n) is 4.10. The van der Waals surface area contributed by atoms with Crippen molar-refractivity contribution in [1.29, 1.82) is 0 Å². The second-order valence-electron chi connectivity index (χ2n) is 6.97. The molecule has 3 nitrogen and oxygen atoms in total. The van der Waals surface area contributed by atoms with Gasteiger partial charge in [0.05, 0.1) is 12.7 Å².